The highest BCUT2D eigenvalue weighted by Gasteiger charge is 2.28. The number of urea groups is 1. The van der Waals surface area contributed by atoms with Gasteiger partial charge in [-0.05, 0) is 24.5 Å². The number of carbonyl (C=O) groups is 1. The summed E-state index contributed by atoms with van der Waals surface area (Å²) >= 11 is 0. The van der Waals surface area contributed by atoms with Gasteiger partial charge in [0, 0.05) is 23.4 Å². The number of furan rings is 1. The summed E-state index contributed by atoms with van der Waals surface area (Å²) in [7, 11) is 1.61. The predicted octanol–water partition coefficient (Wildman–Crippen LogP) is 4.87. The van der Waals surface area contributed by atoms with E-state index in [9.17, 15) is 4.79 Å². The maximum absolute atomic E-state index is 13.0. The van der Waals surface area contributed by atoms with E-state index in [0.717, 1.165) is 28.4 Å². The predicted molar refractivity (Wildman–Crippen MR) is 110 cm³/mol. The Labute approximate surface area is 164 Å². The summed E-state index contributed by atoms with van der Waals surface area (Å²) < 4.78 is 17.1. The van der Waals surface area contributed by atoms with Gasteiger partial charge in [-0.2, -0.15) is 0 Å². The third-order valence-corrected chi connectivity index (χ3v) is 5.17. The fourth-order valence-corrected chi connectivity index (χ4v) is 3.87. The number of carbonyl (C=O) groups excluding carboxylic acids is 1. The van der Waals surface area contributed by atoms with Crippen molar-refractivity contribution in [3.05, 3.63) is 36.4 Å². The van der Waals surface area contributed by atoms with Gasteiger partial charge in [0.25, 0.3) is 0 Å². The van der Waals surface area contributed by atoms with E-state index < -0.39 is 0 Å². The van der Waals surface area contributed by atoms with Crippen LogP contribution in [-0.4, -0.2) is 43.8 Å². The van der Waals surface area contributed by atoms with Gasteiger partial charge >= 0.3 is 6.03 Å². The first-order valence-electron chi connectivity index (χ1n) is 9.71. The quantitative estimate of drug-likeness (QED) is 0.699. The highest BCUT2D eigenvalue weighted by molar-refractivity contribution is 6.07. The van der Waals surface area contributed by atoms with Gasteiger partial charge in [0.1, 0.15) is 16.9 Å². The molecule has 2 amide bonds. The Morgan fingerprint density at radius 3 is 2.86 bits per heavy atom. The number of hydrogen-bond donors (Lipinski definition) is 1. The number of hydrogen-bond acceptors (Lipinski definition) is 4. The Bertz CT molecular complexity index is 995. The number of fused-ring (bicyclic) bond motifs is 3. The molecule has 28 heavy (non-hydrogen) atoms. The molecule has 1 aromatic heterocycles. The summed E-state index contributed by atoms with van der Waals surface area (Å²) in [6.45, 7) is 6.03. The molecule has 1 aliphatic heterocycles. The van der Waals surface area contributed by atoms with Crippen molar-refractivity contribution in [3.63, 3.8) is 0 Å². The average Bonchev–Trinajstić information content (AvgIpc) is 3.04. The van der Waals surface area contributed by atoms with Crippen molar-refractivity contribution in [1.29, 1.82) is 0 Å². The molecule has 0 saturated carbocycles. The van der Waals surface area contributed by atoms with Gasteiger partial charge in [0.15, 0.2) is 0 Å². The molecule has 2 aromatic carbocycles. The number of benzene rings is 2. The standard InChI is InChI=1S/C22H26N2O4/c1-14(2)10-15-13-27-9-8-24(15)22(25)23-18-12-20-17(11-21(18)26-3)16-6-4-5-7-19(16)28-20/h4-7,11-12,14-15H,8-10,13H2,1-3H3,(H,23,25). The van der Waals surface area contributed by atoms with Gasteiger partial charge in [0.05, 0.1) is 32.1 Å². The number of amides is 2. The van der Waals surface area contributed by atoms with E-state index in [1.807, 2.05) is 41.3 Å². The van der Waals surface area contributed by atoms with Crippen LogP contribution < -0.4 is 10.1 Å². The van der Waals surface area contributed by atoms with Gasteiger partial charge < -0.3 is 24.1 Å². The number of morpholine rings is 1. The molecule has 0 radical (unpaired) electrons. The molecule has 1 unspecified atom stereocenters. The van der Waals surface area contributed by atoms with Crippen LogP contribution in [0, 0.1) is 5.92 Å². The minimum absolute atomic E-state index is 0.0784. The van der Waals surface area contributed by atoms with E-state index in [2.05, 4.69) is 19.2 Å². The third kappa shape index (κ3) is 3.52. The molecule has 1 saturated heterocycles. The number of rotatable bonds is 4. The largest absolute Gasteiger partial charge is 0.495 e. The van der Waals surface area contributed by atoms with Crippen molar-refractivity contribution in [1.82, 2.24) is 4.90 Å². The van der Waals surface area contributed by atoms with Crippen molar-refractivity contribution in [2.45, 2.75) is 26.3 Å². The number of ether oxygens (including phenoxy) is 2. The third-order valence-electron chi connectivity index (χ3n) is 5.17. The summed E-state index contributed by atoms with van der Waals surface area (Å²) in [5.74, 6) is 1.10. The first-order chi connectivity index (χ1) is 13.6. The smallest absolute Gasteiger partial charge is 0.322 e. The summed E-state index contributed by atoms with van der Waals surface area (Å²) in [5, 5.41) is 5.01. The summed E-state index contributed by atoms with van der Waals surface area (Å²) in [4.78, 5) is 14.9. The lowest BCUT2D eigenvalue weighted by molar-refractivity contribution is 0.00856. The topological polar surface area (TPSA) is 63.9 Å². The minimum atomic E-state index is -0.136. The van der Waals surface area contributed by atoms with Crippen molar-refractivity contribution < 1.29 is 18.7 Å². The molecule has 1 atom stereocenters. The molecule has 1 aliphatic rings. The van der Waals surface area contributed by atoms with Crippen LogP contribution in [0.2, 0.25) is 0 Å². The zero-order valence-electron chi connectivity index (χ0n) is 16.5. The molecule has 1 fully saturated rings. The Hall–Kier alpha value is -2.73. The maximum Gasteiger partial charge on any atom is 0.322 e. The van der Waals surface area contributed by atoms with Crippen molar-refractivity contribution in [3.8, 4) is 5.75 Å². The Morgan fingerprint density at radius 2 is 2.07 bits per heavy atom. The van der Waals surface area contributed by atoms with Gasteiger partial charge in [-0.15, -0.1) is 0 Å². The van der Waals surface area contributed by atoms with Gasteiger partial charge in [0.2, 0.25) is 0 Å². The molecule has 3 aromatic rings. The number of para-hydroxylation sites is 1. The number of methoxy groups -OCH3 is 1. The van der Waals surface area contributed by atoms with Crippen LogP contribution in [0.5, 0.6) is 5.75 Å². The second-order valence-electron chi connectivity index (χ2n) is 7.63. The van der Waals surface area contributed by atoms with E-state index in [1.165, 1.54) is 0 Å². The zero-order chi connectivity index (χ0) is 19.7. The van der Waals surface area contributed by atoms with Crippen LogP contribution in [-0.2, 0) is 4.74 Å². The van der Waals surface area contributed by atoms with Crippen LogP contribution in [0.15, 0.2) is 40.8 Å². The summed E-state index contributed by atoms with van der Waals surface area (Å²) in [5.41, 5.74) is 2.14. The lowest BCUT2D eigenvalue weighted by Crippen LogP contribution is -2.50. The van der Waals surface area contributed by atoms with Gasteiger partial charge in [-0.1, -0.05) is 32.0 Å². The molecule has 2 heterocycles. The average molecular weight is 382 g/mol. The van der Waals surface area contributed by atoms with E-state index in [1.54, 1.807) is 7.11 Å². The molecule has 6 heteroatoms. The van der Waals surface area contributed by atoms with Crippen LogP contribution in [0.4, 0.5) is 10.5 Å². The van der Waals surface area contributed by atoms with Crippen molar-refractivity contribution >= 4 is 33.7 Å². The van der Waals surface area contributed by atoms with E-state index >= 15 is 0 Å². The van der Waals surface area contributed by atoms with Gasteiger partial charge in [-0.25, -0.2) is 4.79 Å². The van der Waals surface area contributed by atoms with Crippen LogP contribution in [0.3, 0.4) is 0 Å². The molecule has 4 rings (SSSR count). The van der Waals surface area contributed by atoms with Crippen molar-refractivity contribution in [2.75, 3.05) is 32.2 Å². The van der Waals surface area contributed by atoms with Crippen LogP contribution in [0.1, 0.15) is 20.3 Å². The Balaban J connectivity index is 1.64. The highest BCUT2D eigenvalue weighted by atomic mass is 16.5. The van der Waals surface area contributed by atoms with Crippen LogP contribution in [0.25, 0.3) is 21.9 Å². The number of nitrogens with one attached hydrogen (secondary N) is 1. The number of nitrogens with zero attached hydrogens (tertiary/aromatic N) is 1. The number of anilines is 1. The first kappa shape index (κ1) is 18.6. The highest BCUT2D eigenvalue weighted by Crippen LogP contribution is 2.36. The van der Waals surface area contributed by atoms with E-state index in [4.69, 9.17) is 13.9 Å². The second kappa shape index (κ2) is 7.72. The maximum atomic E-state index is 13.0. The lowest BCUT2D eigenvalue weighted by Gasteiger charge is -2.36. The van der Waals surface area contributed by atoms with E-state index in [-0.39, 0.29) is 12.1 Å². The summed E-state index contributed by atoms with van der Waals surface area (Å²) in [6.07, 6.45) is 0.910. The molecule has 0 spiro atoms. The normalized spacial score (nSPS) is 17.4. The fraction of sp³-hybridized carbons (Fsp3) is 0.409. The SMILES string of the molecule is COc1cc2c(cc1NC(=O)N1CCOCC1CC(C)C)oc1ccccc12. The minimum Gasteiger partial charge on any atom is -0.495 e. The monoisotopic (exact) mass is 382 g/mol. The molecular formula is C22H26N2O4. The lowest BCUT2D eigenvalue weighted by atomic mass is 10.0. The fourth-order valence-electron chi connectivity index (χ4n) is 3.87. The Kier molecular flexibility index (Phi) is 5.13. The molecule has 0 aliphatic carbocycles. The van der Waals surface area contributed by atoms with Crippen LogP contribution >= 0.6 is 0 Å². The van der Waals surface area contributed by atoms with Crippen molar-refractivity contribution in [2.24, 2.45) is 5.92 Å². The zero-order valence-corrected chi connectivity index (χ0v) is 16.5. The molecule has 1 N–H and O–H groups in total. The first-order valence-corrected chi connectivity index (χ1v) is 9.71. The van der Waals surface area contributed by atoms with Gasteiger partial charge in [-0.3, -0.25) is 0 Å². The molecule has 6 nitrogen and oxygen atoms in total. The second-order valence-corrected chi connectivity index (χ2v) is 7.63. The molecule has 148 valence electrons. The van der Waals surface area contributed by atoms with E-state index in [0.29, 0.717) is 37.1 Å². The summed E-state index contributed by atoms with van der Waals surface area (Å²) in [6, 6.07) is 11.6. The molecule has 0 bridgehead atoms. The Morgan fingerprint density at radius 1 is 1.25 bits per heavy atom. The molecular weight excluding hydrogens is 356 g/mol.